The van der Waals surface area contributed by atoms with Gasteiger partial charge in [-0.25, -0.2) is 14.8 Å². The van der Waals surface area contributed by atoms with Crippen LogP contribution in [0.5, 0.6) is 0 Å². The Morgan fingerprint density at radius 1 is 1.13 bits per heavy atom. The Kier molecular flexibility index (Phi) is 4.63. The average Bonchev–Trinajstić information content (AvgIpc) is 2.96. The third kappa shape index (κ3) is 4.11. The Morgan fingerprint density at radius 3 is 2.70 bits per heavy atom. The van der Waals surface area contributed by atoms with Gasteiger partial charge in [-0.05, 0) is 47.1 Å². The largest absolute Gasteiger partial charge is 0.326 e. The molecule has 2 N–H and O–H groups in total. The summed E-state index contributed by atoms with van der Waals surface area (Å²) in [5.41, 5.74) is 1.59. The monoisotopic (exact) mass is 389 g/mol. The molecule has 0 unspecified atom stereocenters. The zero-order valence-electron chi connectivity index (χ0n) is 12.1. The van der Waals surface area contributed by atoms with Gasteiger partial charge < -0.3 is 0 Å². The smallest absolute Gasteiger partial charge is 0.292 e. The molecule has 0 saturated heterocycles. The first-order valence-corrected chi connectivity index (χ1v) is 8.36. The number of halogens is 1. The Bertz CT molecular complexity index is 834. The van der Waals surface area contributed by atoms with Crippen LogP contribution in [0.1, 0.15) is 5.69 Å². The molecule has 0 fully saturated rings. The van der Waals surface area contributed by atoms with Crippen LogP contribution >= 0.6 is 27.3 Å². The lowest BCUT2D eigenvalue weighted by atomic mass is 10.4. The van der Waals surface area contributed by atoms with E-state index in [1.54, 1.807) is 17.6 Å². The summed E-state index contributed by atoms with van der Waals surface area (Å²) < 4.78 is 0.904. The quantitative estimate of drug-likeness (QED) is 0.698. The molecule has 0 saturated carbocycles. The lowest BCUT2D eigenvalue weighted by Gasteiger charge is -2.05. The summed E-state index contributed by atoms with van der Waals surface area (Å²) in [7, 11) is 0. The molecule has 2 amide bonds. The summed E-state index contributed by atoms with van der Waals surface area (Å²) in [6, 6.07) is 8.80. The van der Waals surface area contributed by atoms with Crippen LogP contribution in [0, 0.1) is 6.92 Å². The number of urea groups is 1. The third-order valence-electron chi connectivity index (χ3n) is 2.82. The molecule has 3 heterocycles. The van der Waals surface area contributed by atoms with Crippen LogP contribution < -0.4 is 10.6 Å². The van der Waals surface area contributed by atoms with E-state index in [2.05, 4.69) is 41.5 Å². The van der Waals surface area contributed by atoms with Crippen molar-refractivity contribution in [2.45, 2.75) is 6.92 Å². The molecule has 6 nitrogen and oxygen atoms in total. The minimum Gasteiger partial charge on any atom is -0.292 e. The predicted octanol–water partition coefficient (Wildman–Crippen LogP) is 4.32. The van der Waals surface area contributed by atoms with E-state index in [1.165, 1.54) is 11.3 Å². The number of hydrogen-bond acceptors (Lipinski definition) is 5. The molecule has 3 aromatic rings. The summed E-state index contributed by atoms with van der Waals surface area (Å²) in [6.07, 6.45) is 1.71. The van der Waals surface area contributed by atoms with Crippen LogP contribution in [0.4, 0.5) is 16.4 Å². The molecule has 0 aromatic carbocycles. The van der Waals surface area contributed by atoms with Crippen molar-refractivity contribution in [1.29, 1.82) is 0 Å². The van der Waals surface area contributed by atoms with E-state index < -0.39 is 0 Å². The van der Waals surface area contributed by atoms with Gasteiger partial charge in [0.1, 0.15) is 16.6 Å². The second kappa shape index (κ2) is 6.84. The molecule has 0 aliphatic heterocycles. The van der Waals surface area contributed by atoms with E-state index in [4.69, 9.17) is 0 Å². The van der Waals surface area contributed by atoms with E-state index in [0.29, 0.717) is 11.6 Å². The SMILES string of the molecule is Cc1cccc(NC(=O)Nc2csc(-c3ccc(Br)cn3)n2)n1. The number of anilines is 2. The van der Waals surface area contributed by atoms with Gasteiger partial charge in [-0.2, -0.15) is 0 Å². The Morgan fingerprint density at radius 2 is 1.96 bits per heavy atom. The van der Waals surface area contributed by atoms with Gasteiger partial charge in [0, 0.05) is 21.7 Å². The first-order valence-electron chi connectivity index (χ1n) is 6.69. The first kappa shape index (κ1) is 15.6. The molecule has 23 heavy (non-hydrogen) atoms. The van der Waals surface area contributed by atoms with Crippen LogP contribution in [0.25, 0.3) is 10.7 Å². The molecule has 0 aliphatic rings. The minimum absolute atomic E-state index is 0.385. The van der Waals surface area contributed by atoms with Gasteiger partial charge in [-0.15, -0.1) is 11.3 Å². The number of amides is 2. The van der Waals surface area contributed by atoms with Crippen LogP contribution in [0.3, 0.4) is 0 Å². The number of carbonyl (C=O) groups excluding carboxylic acids is 1. The summed E-state index contributed by atoms with van der Waals surface area (Å²) in [6.45, 7) is 1.86. The average molecular weight is 390 g/mol. The number of aryl methyl sites for hydroxylation is 1. The minimum atomic E-state index is -0.385. The van der Waals surface area contributed by atoms with E-state index in [-0.39, 0.29) is 6.03 Å². The van der Waals surface area contributed by atoms with Gasteiger partial charge in [0.15, 0.2) is 0 Å². The van der Waals surface area contributed by atoms with Crippen molar-refractivity contribution in [3.8, 4) is 10.7 Å². The van der Waals surface area contributed by atoms with E-state index in [9.17, 15) is 4.79 Å². The third-order valence-corrected chi connectivity index (χ3v) is 4.16. The Labute approximate surface area is 145 Å². The fourth-order valence-electron chi connectivity index (χ4n) is 1.83. The second-order valence-corrected chi connectivity index (χ2v) is 6.42. The highest BCUT2D eigenvalue weighted by atomic mass is 79.9. The van der Waals surface area contributed by atoms with E-state index in [1.807, 2.05) is 31.2 Å². The molecule has 3 aromatic heterocycles. The topological polar surface area (TPSA) is 79.8 Å². The molecule has 0 aliphatic carbocycles. The summed E-state index contributed by atoms with van der Waals surface area (Å²) >= 11 is 4.75. The summed E-state index contributed by atoms with van der Waals surface area (Å²) in [5, 5.41) is 7.86. The van der Waals surface area contributed by atoms with Crippen molar-refractivity contribution >= 4 is 44.9 Å². The van der Waals surface area contributed by atoms with Crippen molar-refractivity contribution in [2.24, 2.45) is 0 Å². The van der Waals surface area contributed by atoms with Gasteiger partial charge in [-0.3, -0.25) is 15.6 Å². The molecule has 8 heteroatoms. The van der Waals surface area contributed by atoms with Crippen LogP contribution in [-0.2, 0) is 0 Å². The Balaban J connectivity index is 1.66. The molecule has 3 rings (SSSR count). The highest BCUT2D eigenvalue weighted by Crippen LogP contribution is 2.25. The number of carbonyl (C=O) groups is 1. The van der Waals surface area contributed by atoms with Crippen molar-refractivity contribution in [3.63, 3.8) is 0 Å². The highest BCUT2D eigenvalue weighted by molar-refractivity contribution is 9.10. The fraction of sp³-hybridized carbons (Fsp3) is 0.0667. The maximum absolute atomic E-state index is 12.0. The van der Waals surface area contributed by atoms with Crippen molar-refractivity contribution in [1.82, 2.24) is 15.0 Å². The molecular weight excluding hydrogens is 378 g/mol. The molecule has 116 valence electrons. The number of nitrogens with zero attached hydrogens (tertiary/aromatic N) is 3. The fourth-order valence-corrected chi connectivity index (χ4v) is 2.79. The molecule has 0 atom stereocenters. The predicted molar refractivity (Wildman–Crippen MR) is 94.7 cm³/mol. The molecular formula is C15H12BrN5OS. The second-order valence-electron chi connectivity index (χ2n) is 4.64. The number of aromatic nitrogens is 3. The molecule has 0 spiro atoms. The number of thiazole rings is 1. The van der Waals surface area contributed by atoms with E-state index in [0.717, 1.165) is 20.9 Å². The van der Waals surface area contributed by atoms with E-state index >= 15 is 0 Å². The van der Waals surface area contributed by atoms with Gasteiger partial charge in [0.2, 0.25) is 0 Å². The van der Waals surface area contributed by atoms with Gasteiger partial charge in [0.25, 0.3) is 0 Å². The summed E-state index contributed by atoms with van der Waals surface area (Å²) in [4.78, 5) is 24.8. The van der Waals surface area contributed by atoms with Gasteiger partial charge in [0.05, 0.1) is 5.69 Å². The van der Waals surface area contributed by atoms with Gasteiger partial charge in [-0.1, -0.05) is 6.07 Å². The maximum Gasteiger partial charge on any atom is 0.326 e. The normalized spacial score (nSPS) is 10.3. The zero-order valence-corrected chi connectivity index (χ0v) is 14.5. The molecule has 0 radical (unpaired) electrons. The van der Waals surface area contributed by atoms with Crippen LogP contribution in [0.15, 0.2) is 46.4 Å². The van der Waals surface area contributed by atoms with Crippen molar-refractivity contribution < 1.29 is 4.79 Å². The standard InChI is InChI=1S/C15H12BrN5OS/c1-9-3-2-4-12(18-9)20-15(22)21-13-8-23-14(19-13)11-6-5-10(16)7-17-11/h2-8H,1H3,(H2,18,20,21,22). The van der Waals surface area contributed by atoms with Gasteiger partial charge >= 0.3 is 6.03 Å². The highest BCUT2D eigenvalue weighted by Gasteiger charge is 2.09. The number of rotatable bonds is 3. The number of hydrogen-bond donors (Lipinski definition) is 2. The lowest BCUT2D eigenvalue weighted by molar-refractivity contribution is 0.262. The molecule has 0 bridgehead atoms. The van der Waals surface area contributed by atoms with Crippen LogP contribution in [-0.4, -0.2) is 21.0 Å². The van der Waals surface area contributed by atoms with Crippen LogP contribution in [0.2, 0.25) is 0 Å². The first-order chi connectivity index (χ1) is 11.1. The van der Waals surface area contributed by atoms with Crippen molar-refractivity contribution in [3.05, 3.63) is 52.1 Å². The zero-order chi connectivity index (χ0) is 16.2. The Hall–Kier alpha value is -2.32. The lowest BCUT2D eigenvalue weighted by Crippen LogP contribution is -2.20. The number of pyridine rings is 2. The number of nitrogens with one attached hydrogen (secondary N) is 2. The van der Waals surface area contributed by atoms with Crippen molar-refractivity contribution in [2.75, 3.05) is 10.6 Å². The maximum atomic E-state index is 12.0. The summed E-state index contributed by atoms with van der Waals surface area (Å²) in [5.74, 6) is 0.965.